The van der Waals surface area contributed by atoms with E-state index in [4.69, 9.17) is 0 Å². The second-order valence-corrected chi connectivity index (χ2v) is 3.97. The summed E-state index contributed by atoms with van der Waals surface area (Å²) in [5.41, 5.74) is 0.939. The molecule has 1 heterocycles. The number of hydrogen-bond donors (Lipinski definition) is 2. The van der Waals surface area contributed by atoms with Crippen LogP contribution < -0.4 is 10.6 Å². The van der Waals surface area contributed by atoms with E-state index in [1.165, 1.54) is 19.1 Å². The number of hydrogen-bond acceptors (Lipinski definition) is 4. The third kappa shape index (κ3) is 4.02. The summed E-state index contributed by atoms with van der Waals surface area (Å²) in [7, 11) is 0. The number of nitrogens with zero attached hydrogens (tertiary/aromatic N) is 2. The average Bonchev–Trinajstić information content (AvgIpc) is 2.39. The van der Waals surface area contributed by atoms with Gasteiger partial charge in [-0.2, -0.15) is 0 Å². The van der Waals surface area contributed by atoms with Crippen molar-refractivity contribution in [1.82, 2.24) is 10.2 Å². The number of aromatic nitrogens is 2. The van der Waals surface area contributed by atoms with Crippen LogP contribution in [0.5, 0.6) is 0 Å². The van der Waals surface area contributed by atoms with Gasteiger partial charge in [-0.05, 0) is 29.8 Å². The molecule has 0 bridgehead atoms. The van der Waals surface area contributed by atoms with E-state index in [1.807, 2.05) is 0 Å². The Morgan fingerprint density at radius 2 is 1.74 bits per heavy atom. The molecule has 0 saturated carbocycles. The van der Waals surface area contributed by atoms with Crippen LogP contribution in [-0.4, -0.2) is 16.1 Å². The molecule has 6 heteroatoms. The highest BCUT2D eigenvalue weighted by molar-refractivity contribution is 5.87. The van der Waals surface area contributed by atoms with Crippen LogP contribution in [0.2, 0.25) is 0 Å². The first-order chi connectivity index (χ1) is 9.13. The number of carbonyl (C=O) groups excluding carboxylic acids is 1. The molecule has 98 valence electrons. The number of halogens is 1. The van der Waals surface area contributed by atoms with E-state index in [2.05, 4.69) is 20.8 Å². The van der Waals surface area contributed by atoms with Gasteiger partial charge in [-0.25, -0.2) is 4.39 Å². The van der Waals surface area contributed by atoms with Crippen molar-refractivity contribution in [2.75, 3.05) is 10.6 Å². The van der Waals surface area contributed by atoms with Crippen molar-refractivity contribution >= 4 is 17.5 Å². The summed E-state index contributed by atoms with van der Waals surface area (Å²) in [6, 6.07) is 9.57. The zero-order chi connectivity index (χ0) is 13.7. The van der Waals surface area contributed by atoms with Gasteiger partial charge in [-0.1, -0.05) is 12.1 Å². The van der Waals surface area contributed by atoms with Gasteiger partial charge in [-0.15, -0.1) is 10.2 Å². The van der Waals surface area contributed by atoms with Crippen LogP contribution in [0.25, 0.3) is 0 Å². The fourth-order valence-electron chi connectivity index (χ4n) is 1.47. The van der Waals surface area contributed by atoms with Gasteiger partial charge in [0.15, 0.2) is 5.82 Å². The molecule has 0 aliphatic carbocycles. The van der Waals surface area contributed by atoms with Crippen LogP contribution in [0, 0.1) is 5.82 Å². The quantitative estimate of drug-likeness (QED) is 0.884. The number of nitrogens with one attached hydrogen (secondary N) is 2. The lowest BCUT2D eigenvalue weighted by Gasteiger charge is -2.06. The second-order valence-electron chi connectivity index (χ2n) is 3.97. The molecule has 1 aromatic carbocycles. The lowest BCUT2D eigenvalue weighted by atomic mass is 10.2. The summed E-state index contributed by atoms with van der Waals surface area (Å²) in [6.07, 6.45) is 0. The second kappa shape index (κ2) is 5.90. The molecule has 0 radical (unpaired) electrons. The highest BCUT2D eigenvalue weighted by Gasteiger charge is 1.99. The Morgan fingerprint density at radius 1 is 1.11 bits per heavy atom. The van der Waals surface area contributed by atoms with E-state index in [9.17, 15) is 9.18 Å². The van der Waals surface area contributed by atoms with Crippen LogP contribution in [0.3, 0.4) is 0 Å². The summed E-state index contributed by atoms with van der Waals surface area (Å²) < 4.78 is 12.7. The summed E-state index contributed by atoms with van der Waals surface area (Å²) >= 11 is 0. The first-order valence-corrected chi connectivity index (χ1v) is 5.73. The van der Waals surface area contributed by atoms with E-state index in [0.29, 0.717) is 18.2 Å². The molecule has 2 N–H and O–H groups in total. The number of benzene rings is 1. The van der Waals surface area contributed by atoms with Crippen molar-refractivity contribution in [2.24, 2.45) is 0 Å². The van der Waals surface area contributed by atoms with Crippen LogP contribution in [0.1, 0.15) is 12.5 Å². The Kier molecular flexibility index (Phi) is 4.02. The zero-order valence-corrected chi connectivity index (χ0v) is 10.4. The zero-order valence-electron chi connectivity index (χ0n) is 10.4. The molecule has 1 amide bonds. The van der Waals surface area contributed by atoms with Crippen LogP contribution in [0.15, 0.2) is 36.4 Å². The summed E-state index contributed by atoms with van der Waals surface area (Å²) in [5.74, 6) is 0.530. The normalized spacial score (nSPS) is 10.0. The maximum Gasteiger partial charge on any atom is 0.222 e. The van der Waals surface area contributed by atoms with E-state index < -0.39 is 0 Å². The highest BCUT2D eigenvalue weighted by atomic mass is 19.1. The minimum Gasteiger partial charge on any atom is -0.365 e. The van der Waals surface area contributed by atoms with Gasteiger partial charge in [0.2, 0.25) is 5.91 Å². The average molecular weight is 260 g/mol. The monoisotopic (exact) mass is 260 g/mol. The number of carbonyl (C=O) groups is 1. The Morgan fingerprint density at radius 3 is 2.32 bits per heavy atom. The molecule has 0 aliphatic rings. The molecular weight excluding hydrogens is 247 g/mol. The lowest BCUT2D eigenvalue weighted by Crippen LogP contribution is -2.09. The lowest BCUT2D eigenvalue weighted by molar-refractivity contribution is -0.114. The third-order valence-electron chi connectivity index (χ3n) is 2.36. The fourth-order valence-corrected chi connectivity index (χ4v) is 1.47. The van der Waals surface area contributed by atoms with E-state index in [1.54, 1.807) is 24.3 Å². The van der Waals surface area contributed by atoms with Crippen LogP contribution in [0.4, 0.5) is 16.0 Å². The molecular formula is C13H13FN4O. The Balaban J connectivity index is 1.92. The molecule has 19 heavy (non-hydrogen) atoms. The Labute approximate surface area is 109 Å². The van der Waals surface area contributed by atoms with E-state index in [0.717, 1.165) is 5.56 Å². The molecule has 0 atom stereocenters. The first kappa shape index (κ1) is 12.9. The molecule has 0 aliphatic heterocycles. The van der Waals surface area contributed by atoms with Crippen molar-refractivity contribution in [3.63, 3.8) is 0 Å². The maximum atomic E-state index is 12.7. The van der Waals surface area contributed by atoms with Crippen molar-refractivity contribution in [2.45, 2.75) is 13.5 Å². The van der Waals surface area contributed by atoms with Gasteiger partial charge in [0.25, 0.3) is 0 Å². The van der Waals surface area contributed by atoms with Gasteiger partial charge in [0, 0.05) is 13.5 Å². The predicted octanol–water partition coefficient (Wildman–Crippen LogP) is 2.19. The number of rotatable bonds is 4. The molecule has 0 fully saturated rings. The predicted molar refractivity (Wildman–Crippen MR) is 70.1 cm³/mol. The van der Waals surface area contributed by atoms with Gasteiger partial charge in [0.1, 0.15) is 11.6 Å². The summed E-state index contributed by atoms with van der Waals surface area (Å²) in [6.45, 7) is 1.93. The van der Waals surface area contributed by atoms with Gasteiger partial charge >= 0.3 is 0 Å². The summed E-state index contributed by atoms with van der Waals surface area (Å²) in [5, 5.41) is 13.3. The molecule has 2 aromatic rings. The Hall–Kier alpha value is -2.50. The first-order valence-electron chi connectivity index (χ1n) is 5.73. The van der Waals surface area contributed by atoms with E-state index in [-0.39, 0.29) is 11.7 Å². The molecule has 5 nitrogen and oxygen atoms in total. The van der Waals surface area contributed by atoms with E-state index >= 15 is 0 Å². The SMILES string of the molecule is CC(=O)Nc1ccc(NCc2ccc(F)cc2)nn1. The molecule has 0 saturated heterocycles. The standard InChI is InChI=1S/C13H13FN4O/c1-9(19)16-13-7-6-12(17-18-13)15-8-10-2-4-11(14)5-3-10/h2-7H,8H2,1H3,(H,15,17)(H,16,18,19). The highest BCUT2D eigenvalue weighted by Crippen LogP contribution is 2.08. The third-order valence-corrected chi connectivity index (χ3v) is 2.36. The minimum absolute atomic E-state index is 0.193. The van der Waals surface area contributed by atoms with Gasteiger partial charge < -0.3 is 10.6 Å². The topological polar surface area (TPSA) is 66.9 Å². The number of anilines is 2. The van der Waals surface area contributed by atoms with Crippen molar-refractivity contribution in [1.29, 1.82) is 0 Å². The van der Waals surface area contributed by atoms with Crippen molar-refractivity contribution in [3.05, 3.63) is 47.8 Å². The number of amides is 1. The van der Waals surface area contributed by atoms with Crippen LogP contribution in [-0.2, 0) is 11.3 Å². The largest absolute Gasteiger partial charge is 0.365 e. The molecule has 1 aromatic heterocycles. The Bertz CT molecular complexity index is 554. The molecule has 2 rings (SSSR count). The maximum absolute atomic E-state index is 12.7. The van der Waals surface area contributed by atoms with Gasteiger partial charge in [0.05, 0.1) is 0 Å². The fraction of sp³-hybridized carbons (Fsp3) is 0.154. The van der Waals surface area contributed by atoms with Gasteiger partial charge in [-0.3, -0.25) is 4.79 Å². The summed E-state index contributed by atoms with van der Waals surface area (Å²) in [4.78, 5) is 10.8. The molecule has 0 unspecified atom stereocenters. The minimum atomic E-state index is -0.261. The van der Waals surface area contributed by atoms with Crippen molar-refractivity contribution < 1.29 is 9.18 Å². The van der Waals surface area contributed by atoms with Crippen LogP contribution >= 0.6 is 0 Å². The molecule has 0 spiro atoms. The smallest absolute Gasteiger partial charge is 0.222 e. The van der Waals surface area contributed by atoms with Crippen molar-refractivity contribution in [3.8, 4) is 0 Å².